The molecule has 0 aliphatic heterocycles. The fourth-order valence-corrected chi connectivity index (χ4v) is 3.36. The lowest BCUT2D eigenvalue weighted by Gasteiger charge is -2.13. The Morgan fingerprint density at radius 2 is 1.80 bits per heavy atom. The van der Waals surface area contributed by atoms with E-state index in [0.29, 0.717) is 6.54 Å². The summed E-state index contributed by atoms with van der Waals surface area (Å²) < 4.78 is 0. The highest BCUT2D eigenvalue weighted by Gasteiger charge is 2.11. The minimum absolute atomic E-state index is 0.157. The average molecular weight is 334 g/mol. The van der Waals surface area contributed by atoms with Crippen LogP contribution in [0.3, 0.4) is 0 Å². The van der Waals surface area contributed by atoms with Crippen LogP contribution in [-0.2, 0) is 0 Å². The quantitative estimate of drug-likeness (QED) is 0.466. The van der Waals surface area contributed by atoms with Gasteiger partial charge in [-0.15, -0.1) is 0 Å². The fourth-order valence-electron chi connectivity index (χ4n) is 3.36. The predicted octanol–water partition coefficient (Wildman–Crippen LogP) is 1.13. The largest absolute Gasteiger partial charge is 0.395 e. The van der Waals surface area contributed by atoms with Crippen molar-refractivity contribution in [2.45, 2.75) is 12.8 Å². The number of nitrogens with one attached hydrogen (secondary N) is 2. The number of benzene rings is 1. The van der Waals surface area contributed by atoms with Crippen molar-refractivity contribution in [3.8, 4) is 0 Å². The third-order valence-corrected chi connectivity index (χ3v) is 4.54. The molecule has 3 aromatic rings. The summed E-state index contributed by atoms with van der Waals surface area (Å²) in [5, 5.41) is 20.1. The SMILES string of the molecule is OCCNCCNc1nc2c(ncc3ccccc32)c2c1=CCCC=2. The van der Waals surface area contributed by atoms with Crippen molar-refractivity contribution >= 4 is 39.8 Å². The Morgan fingerprint density at radius 1 is 0.960 bits per heavy atom. The maximum absolute atomic E-state index is 8.85. The molecule has 1 aliphatic rings. The summed E-state index contributed by atoms with van der Waals surface area (Å²) in [6.45, 7) is 2.31. The highest BCUT2D eigenvalue weighted by atomic mass is 16.3. The van der Waals surface area contributed by atoms with Gasteiger partial charge in [0.2, 0.25) is 0 Å². The van der Waals surface area contributed by atoms with E-state index in [1.54, 1.807) is 0 Å². The highest BCUT2D eigenvalue weighted by Crippen LogP contribution is 2.20. The van der Waals surface area contributed by atoms with Crippen LogP contribution < -0.4 is 21.1 Å². The van der Waals surface area contributed by atoms with Gasteiger partial charge in [-0.1, -0.05) is 36.4 Å². The van der Waals surface area contributed by atoms with Crippen molar-refractivity contribution in [3.63, 3.8) is 0 Å². The van der Waals surface area contributed by atoms with Gasteiger partial charge in [0.15, 0.2) is 0 Å². The molecule has 0 amide bonds. The van der Waals surface area contributed by atoms with Gasteiger partial charge in [0.05, 0.1) is 17.6 Å². The number of hydrogen-bond acceptors (Lipinski definition) is 5. The molecule has 0 saturated carbocycles. The lowest BCUT2D eigenvalue weighted by Crippen LogP contribution is -2.34. The van der Waals surface area contributed by atoms with Crippen LogP contribution in [0.1, 0.15) is 12.8 Å². The van der Waals surface area contributed by atoms with E-state index < -0.39 is 0 Å². The number of nitrogens with zero attached hydrogens (tertiary/aromatic N) is 2. The van der Waals surface area contributed by atoms with Crippen molar-refractivity contribution in [3.05, 3.63) is 40.9 Å². The summed E-state index contributed by atoms with van der Waals surface area (Å²) in [4.78, 5) is 9.64. The molecule has 2 aromatic heterocycles. The number of rotatable bonds is 6. The number of anilines is 1. The second-order valence-electron chi connectivity index (χ2n) is 6.22. The summed E-state index contributed by atoms with van der Waals surface area (Å²) in [7, 11) is 0. The molecule has 0 unspecified atom stereocenters. The Morgan fingerprint density at radius 3 is 2.68 bits per heavy atom. The zero-order valence-corrected chi connectivity index (χ0v) is 14.1. The number of aliphatic hydroxyl groups is 1. The summed E-state index contributed by atoms with van der Waals surface area (Å²) in [6.07, 6.45) is 8.54. The molecule has 0 bridgehead atoms. The third-order valence-electron chi connectivity index (χ3n) is 4.54. The van der Waals surface area contributed by atoms with Crippen LogP contribution in [0.4, 0.5) is 5.82 Å². The molecule has 0 spiro atoms. The van der Waals surface area contributed by atoms with E-state index in [0.717, 1.165) is 58.8 Å². The Kier molecular flexibility index (Phi) is 4.59. The lowest BCUT2D eigenvalue weighted by atomic mass is 10.0. The molecular formula is C20H22N4O. The van der Waals surface area contributed by atoms with Crippen molar-refractivity contribution in [1.82, 2.24) is 15.3 Å². The molecule has 1 aliphatic carbocycles. The van der Waals surface area contributed by atoms with Gasteiger partial charge in [0.25, 0.3) is 0 Å². The van der Waals surface area contributed by atoms with Crippen molar-refractivity contribution in [2.24, 2.45) is 0 Å². The first-order valence-electron chi connectivity index (χ1n) is 8.82. The number of aromatic nitrogens is 2. The molecule has 5 heteroatoms. The van der Waals surface area contributed by atoms with E-state index in [1.807, 2.05) is 18.3 Å². The number of fused-ring (bicyclic) bond motifs is 5. The van der Waals surface area contributed by atoms with E-state index in [2.05, 4.69) is 34.9 Å². The Hall–Kier alpha value is -2.50. The van der Waals surface area contributed by atoms with Crippen LogP contribution in [0.15, 0.2) is 30.5 Å². The van der Waals surface area contributed by atoms with Gasteiger partial charge in [0.1, 0.15) is 5.82 Å². The molecule has 4 rings (SSSR count). The molecule has 0 saturated heterocycles. The maximum Gasteiger partial charge on any atom is 0.134 e. The molecule has 0 atom stereocenters. The molecular weight excluding hydrogens is 312 g/mol. The highest BCUT2D eigenvalue weighted by molar-refractivity contribution is 6.03. The van der Waals surface area contributed by atoms with Crippen LogP contribution in [0.5, 0.6) is 0 Å². The van der Waals surface area contributed by atoms with E-state index in [9.17, 15) is 0 Å². The second-order valence-corrected chi connectivity index (χ2v) is 6.22. The molecule has 2 heterocycles. The maximum atomic E-state index is 8.85. The molecule has 3 N–H and O–H groups in total. The lowest BCUT2D eigenvalue weighted by molar-refractivity contribution is 0.293. The molecule has 25 heavy (non-hydrogen) atoms. The van der Waals surface area contributed by atoms with Gasteiger partial charge in [0, 0.05) is 47.0 Å². The Labute approximate surface area is 146 Å². The molecule has 0 fully saturated rings. The zero-order chi connectivity index (χ0) is 17.1. The first-order chi connectivity index (χ1) is 12.4. The predicted molar refractivity (Wildman–Crippen MR) is 103 cm³/mol. The summed E-state index contributed by atoms with van der Waals surface area (Å²) >= 11 is 0. The smallest absolute Gasteiger partial charge is 0.134 e. The third kappa shape index (κ3) is 3.08. The number of aliphatic hydroxyl groups excluding tert-OH is 1. The minimum Gasteiger partial charge on any atom is -0.395 e. The van der Waals surface area contributed by atoms with E-state index >= 15 is 0 Å². The number of pyridine rings is 2. The standard InChI is InChI=1S/C20H22N4O/c25-12-11-21-9-10-22-20-17-8-4-3-7-16(17)18-19(24-20)15-6-2-1-5-14(15)13-23-18/h1-2,5-8,13,21,25H,3-4,9-12H2,(H,22,24). The normalized spacial score (nSPS) is 13.3. The Balaban J connectivity index is 1.83. The van der Waals surface area contributed by atoms with Gasteiger partial charge >= 0.3 is 0 Å². The molecule has 128 valence electrons. The van der Waals surface area contributed by atoms with Crippen LogP contribution in [0.25, 0.3) is 34.0 Å². The Bertz CT molecular complexity index is 1030. The molecule has 5 nitrogen and oxygen atoms in total. The van der Waals surface area contributed by atoms with Gasteiger partial charge in [-0.05, 0) is 12.8 Å². The van der Waals surface area contributed by atoms with Crippen LogP contribution in [0.2, 0.25) is 0 Å². The minimum atomic E-state index is 0.157. The fraction of sp³-hybridized carbons (Fsp3) is 0.300. The summed E-state index contributed by atoms with van der Waals surface area (Å²) in [5.41, 5.74) is 1.93. The second kappa shape index (κ2) is 7.17. The van der Waals surface area contributed by atoms with E-state index in [-0.39, 0.29) is 6.61 Å². The molecule has 0 radical (unpaired) electrons. The zero-order valence-electron chi connectivity index (χ0n) is 14.1. The van der Waals surface area contributed by atoms with Gasteiger partial charge in [-0.3, -0.25) is 4.98 Å². The van der Waals surface area contributed by atoms with Crippen molar-refractivity contribution < 1.29 is 5.11 Å². The topological polar surface area (TPSA) is 70.1 Å². The van der Waals surface area contributed by atoms with E-state index in [1.165, 1.54) is 5.22 Å². The first kappa shape index (κ1) is 16.0. The summed E-state index contributed by atoms with van der Waals surface area (Å²) in [5.74, 6) is 0.919. The van der Waals surface area contributed by atoms with Gasteiger partial charge in [-0.25, -0.2) is 4.98 Å². The molecule has 1 aromatic carbocycles. The van der Waals surface area contributed by atoms with Gasteiger partial charge < -0.3 is 15.7 Å². The number of hydrogen-bond donors (Lipinski definition) is 3. The monoisotopic (exact) mass is 334 g/mol. The van der Waals surface area contributed by atoms with Gasteiger partial charge in [-0.2, -0.15) is 0 Å². The van der Waals surface area contributed by atoms with Crippen LogP contribution >= 0.6 is 0 Å². The van der Waals surface area contributed by atoms with E-state index in [4.69, 9.17) is 15.1 Å². The van der Waals surface area contributed by atoms with Crippen molar-refractivity contribution in [1.29, 1.82) is 0 Å². The summed E-state index contributed by atoms with van der Waals surface area (Å²) in [6, 6.07) is 8.26. The first-order valence-corrected chi connectivity index (χ1v) is 8.82. The average Bonchev–Trinajstić information content (AvgIpc) is 2.67. The van der Waals surface area contributed by atoms with Crippen LogP contribution in [0, 0.1) is 0 Å². The van der Waals surface area contributed by atoms with Crippen molar-refractivity contribution in [2.75, 3.05) is 31.6 Å². The van der Waals surface area contributed by atoms with Crippen LogP contribution in [-0.4, -0.2) is 41.3 Å².